The molecule has 0 aromatic heterocycles. The first-order chi connectivity index (χ1) is 6.38. The van der Waals surface area contributed by atoms with E-state index in [9.17, 15) is 4.79 Å². The van der Waals surface area contributed by atoms with E-state index in [2.05, 4.69) is 0 Å². The number of rotatable bonds is 0. The third-order valence-electron chi connectivity index (χ3n) is 2.07. The molecule has 98 valence electrons. The number of carbonyl (C=O) groups is 1. The summed E-state index contributed by atoms with van der Waals surface area (Å²) in [5, 5.41) is 0. The summed E-state index contributed by atoms with van der Waals surface area (Å²) in [6.45, 7) is 6.80. The predicted molar refractivity (Wildman–Crippen MR) is 73.7 cm³/mol. The van der Waals surface area contributed by atoms with E-state index in [1.54, 1.807) is 4.90 Å². The van der Waals surface area contributed by atoms with Crippen LogP contribution in [0.1, 0.15) is 33.6 Å². The van der Waals surface area contributed by atoms with Crippen LogP contribution in [0.25, 0.3) is 5.73 Å². The summed E-state index contributed by atoms with van der Waals surface area (Å²) >= 11 is 0. The molecule has 0 aromatic rings. The Hall–Kier alpha value is -0.238. The van der Waals surface area contributed by atoms with Crippen molar-refractivity contribution in [2.45, 2.75) is 45.3 Å². The minimum Gasteiger partial charge on any atom is -0.673 e. The van der Waals surface area contributed by atoms with Crippen molar-refractivity contribution in [3.05, 3.63) is 20.6 Å². The van der Waals surface area contributed by atoms with Gasteiger partial charge in [-0.15, -0.1) is 6.04 Å². The van der Waals surface area contributed by atoms with Crippen LogP contribution in [0.2, 0.25) is 0 Å². The van der Waals surface area contributed by atoms with Gasteiger partial charge in [0.05, 0.1) is 0 Å². The predicted octanol–water partition coefficient (Wildman–Crippen LogP) is 2.96. The van der Waals surface area contributed by atoms with E-state index in [4.69, 9.17) is 10.5 Å². The van der Waals surface area contributed by atoms with Crippen LogP contribution in [0, 0.1) is 14.9 Å². The SMILES string of the molecule is CC(C)(C)OC(=O)N1CCC[C@H]([NH-])C1.[Al+3].[CH3-].[CH3-]. The van der Waals surface area contributed by atoms with Crippen LogP contribution in [0.5, 0.6) is 0 Å². The first kappa shape index (κ1) is 22.0. The maximum Gasteiger partial charge on any atom is 3.00 e. The van der Waals surface area contributed by atoms with Crippen LogP contribution < -0.4 is 0 Å². The van der Waals surface area contributed by atoms with E-state index in [-0.39, 0.29) is 44.3 Å². The van der Waals surface area contributed by atoms with Crippen LogP contribution >= 0.6 is 0 Å². The van der Waals surface area contributed by atoms with Gasteiger partial charge in [-0.05, 0) is 27.2 Å². The molecule has 1 N–H and O–H groups in total. The van der Waals surface area contributed by atoms with Gasteiger partial charge in [-0.3, -0.25) is 0 Å². The molecule has 1 fully saturated rings. The summed E-state index contributed by atoms with van der Waals surface area (Å²) in [7, 11) is 0. The number of nitrogens with zero attached hydrogens (tertiary/aromatic N) is 1. The maximum atomic E-state index is 11.6. The summed E-state index contributed by atoms with van der Waals surface area (Å²) in [4.78, 5) is 13.2. The van der Waals surface area contributed by atoms with E-state index >= 15 is 0 Å². The van der Waals surface area contributed by atoms with Crippen LogP contribution in [0.15, 0.2) is 0 Å². The first-order valence-corrected chi connectivity index (χ1v) is 5.07. The van der Waals surface area contributed by atoms with Gasteiger partial charge in [-0.1, -0.05) is 6.42 Å². The summed E-state index contributed by atoms with van der Waals surface area (Å²) in [6.07, 6.45) is 1.52. The van der Waals surface area contributed by atoms with Gasteiger partial charge in [-0.2, -0.15) is 0 Å². The molecule has 17 heavy (non-hydrogen) atoms. The normalized spacial score (nSPS) is 19.3. The second kappa shape index (κ2) is 8.80. The number of carbonyl (C=O) groups excluding carboxylic acids is 1. The van der Waals surface area contributed by atoms with Gasteiger partial charge in [0.2, 0.25) is 0 Å². The zero-order valence-corrected chi connectivity index (χ0v) is 12.9. The molecule has 0 saturated carbocycles. The fourth-order valence-electron chi connectivity index (χ4n) is 1.47. The molecule has 1 aliphatic heterocycles. The molecule has 4 nitrogen and oxygen atoms in total. The van der Waals surface area contributed by atoms with Gasteiger partial charge in [0.25, 0.3) is 0 Å². The zero-order chi connectivity index (χ0) is 10.8. The topological polar surface area (TPSA) is 53.3 Å². The quantitative estimate of drug-likeness (QED) is 0.494. The van der Waals surface area contributed by atoms with Gasteiger partial charge in [0.15, 0.2) is 0 Å². The van der Waals surface area contributed by atoms with Gasteiger partial charge in [-0.25, -0.2) is 4.79 Å². The van der Waals surface area contributed by atoms with Gasteiger partial charge in [0, 0.05) is 13.1 Å². The van der Waals surface area contributed by atoms with Gasteiger partial charge in [0.1, 0.15) is 5.60 Å². The molecule has 0 radical (unpaired) electrons. The average Bonchev–Trinajstić information content (AvgIpc) is 2.01. The third-order valence-corrected chi connectivity index (χ3v) is 2.07. The van der Waals surface area contributed by atoms with E-state index < -0.39 is 5.60 Å². The van der Waals surface area contributed by atoms with Crippen molar-refractivity contribution in [2.24, 2.45) is 0 Å². The Kier molecular flexibility index (Phi) is 11.4. The monoisotopic (exact) mass is 256 g/mol. The van der Waals surface area contributed by atoms with Crippen molar-refractivity contribution in [1.82, 2.24) is 4.90 Å². The Bertz CT molecular complexity index is 217. The number of amides is 1. The Morgan fingerprint density at radius 3 is 2.29 bits per heavy atom. The van der Waals surface area contributed by atoms with Crippen LogP contribution in [0.3, 0.4) is 0 Å². The van der Waals surface area contributed by atoms with E-state index in [0.29, 0.717) is 6.54 Å². The molecule has 5 heteroatoms. The van der Waals surface area contributed by atoms with E-state index in [0.717, 1.165) is 19.4 Å². The summed E-state index contributed by atoms with van der Waals surface area (Å²) in [5.41, 5.74) is 7.14. The Labute approximate surface area is 117 Å². The molecule has 1 atom stereocenters. The largest absolute Gasteiger partial charge is 3.00 e. The second-order valence-electron chi connectivity index (χ2n) is 4.77. The first-order valence-electron chi connectivity index (χ1n) is 5.07. The van der Waals surface area contributed by atoms with Crippen LogP contribution in [0.4, 0.5) is 4.79 Å². The van der Waals surface area contributed by atoms with E-state index in [1.807, 2.05) is 20.8 Å². The molecule has 1 saturated heterocycles. The fourth-order valence-corrected chi connectivity index (χ4v) is 1.47. The van der Waals surface area contributed by atoms with Crippen molar-refractivity contribution in [1.29, 1.82) is 0 Å². The number of ether oxygens (including phenoxy) is 1. The number of piperidine rings is 1. The number of likely N-dealkylation sites (tertiary alicyclic amines) is 1. The standard InChI is InChI=1S/C10H19N2O2.2CH3.Al/c1-10(2,3)14-9(13)12-6-4-5-8(11)7-12;;;/h8,11H,4-7H2,1-3H3;2*1H3;/q3*-1;+3/t8-;;;/m0.../s1. The minimum atomic E-state index is -0.438. The van der Waals surface area contributed by atoms with Crippen molar-refractivity contribution in [3.8, 4) is 0 Å². The summed E-state index contributed by atoms with van der Waals surface area (Å²) in [6, 6.07) is -0.142. The Morgan fingerprint density at radius 1 is 1.35 bits per heavy atom. The van der Waals surface area contributed by atoms with Crippen LogP contribution in [-0.2, 0) is 4.74 Å². The molecular formula is C12H25AlN2O2. The molecule has 0 spiro atoms. The van der Waals surface area contributed by atoms with Crippen molar-refractivity contribution in [2.75, 3.05) is 13.1 Å². The molecule has 1 rings (SSSR count). The van der Waals surface area contributed by atoms with Crippen molar-refractivity contribution < 1.29 is 9.53 Å². The molecule has 0 bridgehead atoms. The van der Waals surface area contributed by atoms with Crippen molar-refractivity contribution in [3.63, 3.8) is 0 Å². The molecule has 1 aliphatic rings. The minimum absolute atomic E-state index is 0. The molecule has 1 amide bonds. The average molecular weight is 256 g/mol. The fraction of sp³-hybridized carbons (Fsp3) is 0.750. The smallest absolute Gasteiger partial charge is 0.673 e. The zero-order valence-electron chi connectivity index (χ0n) is 11.7. The third kappa shape index (κ3) is 8.48. The number of hydrogen-bond acceptors (Lipinski definition) is 2. The number of hydrogen-bond donors (Lipinski definition) is 0. The second-order valence-corrected chi connectivity index (χ2v) is 4.77. The molecule has 1 heterocycles. The van der Waals surface area contributed by atoms with Crippen LogP contribution in [-0.4, -0.2) is 53.1 Å². The molecule has 0 unspecified atom stereocenters. The maximum absolute atomic E-state index is 11.6. The number of nitrogens with one attached hydrogen (secondary N) is 1. The Balaban J connectivity index is -0.000000653. The molecular weight excluding hydrogens is 231 g/mol. The Morgan fingerprint density at radius 2 is 1.88 bits per heavy atom. The molecule has 0 aromatic carbocycles. The van der Waals surface area contributed by atoms with E-state index in [1.165, 1.54) is 0 Å². The summed E-state index contributed by atoms with van der Waals surface area (Å²) < 4.78 is 5.23. The van der Waals surface area contributed by atoms with Gasteiger partial charge < -0.3 is 30.2 Å². The molecule has 0 aliphatic carbocycles. The van der Waals surface area contributed by atoms with Crippen molar-refractivity contribution >= 4 is 23.5 Å². The summed E-state index contributed by atoms with van der Waals surface area (Å²) in [5.74, 6) is 0. The van der Waals surface area contributed by atoms with Gasteiger partial charge >= 0.3 is 23.5 Å².